The molecule has 2 heterocycles. The predicted molar refractivity (Wildman–Crippen MR) is 129 cm³/mol. The number of carbonyl (C=O) groups excluding carboxylic acids is 1. The molecule has 0 radical (unpaired) electrons. The number of aromatic nitrogens is 4. The van der Waals surface area contributed by atoms with Crippen LogP contribution in [0.5, 0.6) is 0 Å². The summed E-state index contributed by atoms with van der Waals surface area (Å²) in [5.41, 5.74) is 5.50. The molecular formula is C21H35N6O7P. The maximum atomic E-state index is 13.7. The molecular weight excluding hydrogens is 479 g/mol. The number of imidazole rings is 1. The van der Waals surface area contributed by atoms with Crippen LogP contribution in [-0.2, 0) is 34.7 Å². The second-order valence-electron chi connectivity index (χ2n) is 8.84. The summed E-state index contributed by atoms with van der Waals surface area (Å²) in [5, 5.41) is 11.9. The summed E-state index contributed by atoms with van der Waals surface area (Å²) in [4.78, 5) is 35.9. The Bertz CT molecular complexity index is 1060. The average molecular weight is 515 g/mol. The Hall–Kier alpha value is -2.60. The second kappa shape index (κ2) is 12.4. The molecule has 14 heteroatoms. The van der Waals surface area contributed by atoms with E-state index in [-0.39, 0.29) is 31.8 Å². The number of carboxylic acid groups (broad SMARTS) is 1. The van der Waals surface area contributed by atoms with Crippen molar-refractivity contribution < 1.29 is 33.3 Å². The molecule has 0 spiro atoms. The van der Waals surface area contributed by atoms with Gasteiger partial charge in [0.2, 0.25) is 0 Å². The molecule has 0 saturated heterocycles. The van der Waals surface area contributed by atoms with E-state index >= 15 is 0 Å². The zero-order chi connectivity index (χ0) is 26.2. The van der Waals surface area contributed by atoms with Gasteiger partial charge >= 0.3 is 11.9 Å². The summed E-state index contributed by atoms with van der Waals surface area (Å²) < 4.78 is 32.0. The van der Waals surface area contributed by atoms with Crippen LogP contribution in [0.25, 0.3) is 11.2 Å². The minimum Gasteiger partial charge on any atom is -0.481 e. The van der Waals surface area contributed by atoms with Gasteiger partial charge in [-0.05, 0) is 33.6 Å². The van der Waals surface area contributed by atoms with E-state index in [2.05, 4.69) is 20.0 Å². The first-order chi connectivity index (χ1) is 16.4. The van der Waals surface area contributed by atoms with Crippen LogP contribution >= 0.6 is 7.52 Å². The average Bonchev–Trinajstić information content (AvgIpc) is 3.19. The van der Waals surface area contributed by atoms with Crippen LogP contribution in [0.1, 0.15) is 47.5 Å². The van der Waals surface area contributed by atoms with Crippen LogP contribution in [0.2, 0.25) is 0 Å². The molecule has 0 fully saturated rings. The third kappa shape index (κ3) is 8.24. The highest BCUT2D eigenvalue weighted by Gasteiger charge is 2.38. The number of nitrogen functional groups attached to an aromatic ring is 1. The number of nitrogens with two attached hydrogens (primary N) is 1. The van der Waals surface area contributed by atoms with Gasteiger partial charge in [0.05, 0.1) is 38.1 Å². The van der Waals surface area contributed by atoms with Crippen molar-refractivity contribution in [2.24, 2.45) is 5.92 Å². The molecule has 1 unspecified atom stereocenters. The first-order valence-electron chi connectivity index (χ1n) is 11.3. The third-order valence-electron chi connectivity index (χ3n) is 5.08. The van der Waals surface area contributed by atoms with Gasteiger partial charge in [-0.15, -0.1) is 0 Å². The molecule has 35 heavy (non-hydrogen) atoms. The fourth-order valence-corrected chi connectivity index (χ4v) is 5.03. The van der Waals surface area contributed by atoms with E-state index in [1.165, 1.54) is 27.1 Å². The van der Waals surface area contributed by atoms with E-state index in [1.54, 1.807) is 17.8 Å². The molecule has 0 saturated carbocycles. The summed E-state index contributed by atoms with van der Waals surface area (Å²) in [5.74, 6) is -1.99. The van der Waals surface area contributed by atoms with Crippen LogP contribution in [-0.4, -0.2) is 67.8 Å². The highest BCUT2D eigenvalue weighted by molar-refractivity contribution is 7.56. The lowest BCUT2D eigenvalue weighted by Crippen LogP contribution is -2.47. The van der Waals surface area contributed by atoms with E-state index in [0.717, 1.165) is 0 Å². The van der Waals surface area contributed by atoms with Gasteiger partial charge in [-0.1, -0.05) is 13.8 Å². The number of rotatable bonds is 15. The molecule has 2 aromatic heterocycles. The lowest BCUT2D eigenvalue weighted by molar-refractivity contribution is -0.149. The quantitative estimate of drug-likeness (QED) is 0.234. The Morgan fingerprint density at radius 2 is 1.97 bits per heavy atom. The van der Waals surface area contributed by atoms with Crippen LogP contribution in [0.3, 0.4) is 0 Å². The van der Waals surface area contributed by atoms with Crippen LogP contribution in [0.15, 0.2) is 12.7 Å². The number of fused-ring (bicyclic) bond motifs is 1. The van der Waals surface area contributed by atoms with Gasteiger partial charge < -0.3 is 29.4 Å². The number of hydrogen-bond donors (Lipinski definition) is 3. The van der Waals surface area contributed by atoms with E-state index < -0.39 is 37.0 Å². The highest BCUT2D eigenvalue weighted by Crippen LogP contribution is 2.45. The number of esters is 1. The minimum absolute atomic E-state index is 0.0993. The first kappa shape index (κ1) is 28.6. The molecule has 4 N–H and O–H groups in total. The van der Waals surface area contributed by atoms with Crippen LogP contribution < -0.4 is 10.8 Å². The maximum absolute atomic E-state index is 13.7. The normalized spacial score (nSPS) is 15.5. The fourth-order valence-electron chi connectivity index (χ4n) is 3.04. The molecule has 0 aliphatic rings. The summed E-state index contributed by atoms with van der Waals surface area (Å²) in [7, 11) is -3.75. The Balaban J connectivity index is 2.09. The molecule has 3 atom stereocenters. The van der Waals surface area contributed by atoms with Crippen molar-refractivity contribution in [1.82, 2.24) is 24.6 Å². The zero-order valence-electron chi connectivity index (χ0n) is 20.8. The molecule has 0 amide bonds. The minimum atomic E-state index is -3.75. The van der Waals surface area contributed by atoms with Gasteiger partial charge in [0.25, 0.3) is 7.52 Å². The third-order valence-corrected chi connectivity index (χ3v) is 7.07. The Kier molecular flexibility index (Phi) is 10.1. The van der Waals surface area contributed by atoms with Crippen molar-refractivity contribution in [3.63, 3.8) is 0 Å². The van der Waals surface area contributed by atoms with Crippen molar-refractivity contribution in [3.8, 4) is 0 Å². The molecule has 0 bridgehead atoms. The fraction of sp³-hybridized carbons (Fsp3) is 0.667. The molecule has 0 aromatic carbocycles. The molecule has 196 valence electrons. The Morgan fingerprint density at radius 3 is 2.63 bits per heavy atom. The van der Waals surface area contributed by atoms with Gasteiger partial charge in [0.15, 0.2) is 11.5 Å². The number of carboxylic acids is 1. The zero-order valence-corrected chi connectivity index (χ0v) is 21.7. The van der Waals surface area contributed by atoms with Crippen molar-refractivity contribution >= 4 is 36.4 Å². The van der Waals surface area contributed by atoms with Crippen molar-refractivity contribution in [2.75, 3.05) is 25.3 Å². The second-order valence-corrected chi connectivity index (χ2v) is 10.9. The number of hydrogen-bond acceptors (Lipinski definition) is 10. The summed E-state index contributed by atoms with van der Waals surface area (Å²) >= 11 is 0. The number of nitrogens with one attached hydrogen (secondary N) is 1. The van der Waals surface area contributed by atoms with Crippen molar-refractivity contribution in [1.29, 1.82) is 0 Å². The standard InChI is InChI=1S/C21H35N6O7P/c1-6-8-32-20(30)21(4,5)26-35(31,34-9-7-14(2)19(28)29)13-33-15(3)10-27-12-25-16-17(22)23-11-24-18(16)27/h11-12,14-15H,6-10,13H2,1-5H3,(H,26,31)(H,28,29)(H2,22,23,24)/t14-,15+,35?/m0/s1. The molecule has 2 aromatic rings. The van der Waals surface area contributed by atoms with E-state index in [0.29, 0.717) is 24.1 Å². The predicted octanol–water partition coefficient (Wildman–Crippen LogP) is 2.41. The Morgan fingerprint density at radius 1 is 1.26 bits per heavy atom. The molecule has 2 rings (SSSR count). The smallest absolute Gasteiger partial charge is 0.326 e. The maximum Gasteiger partial charge on any atom is 0.326 e. The highest BCUT2D eigenvalue weighted by atomic mass is 31.2. The summed E-state index contributed by atoms with van der Waals surface area (Å²) in [6.07, 6.45) is 2.87. The Labute approximate surface area is 204 Å². The van der Waals surface area contributed by atoms with Crippen LogP contribution in [0, 0.1) is 5.92 Å². The number of aliphatic carboxylic acids is 1. The molecule has 13 nitrogen and oxygen atoms in total. The monoisotopic (exact) mass is 514 g/mol. The first-order valence-corrected chi connectivity index (χ1v) is 13.2. The van der Waals surface area contributed by atoms with Gasteiger partial charge in [0.1, 0.15) is 23.7 Å². The SMILES string of the molecule is CCCOC(=O)C(C)(C)NP(=O)(CO[C@H](C)Cn1cnc2c(N)ncnc21)OCC[C@H](C)C(=O)O. The number of anilines is 1. The number of ether oxygens (including phenoxy) is 2. The topological polar surface area (TPSA) is 181 Å². The van der Waals surface area contributed by atoms with Gasteiger partial charge in [0, 0.05) is 0 Å². The largest absolute Gasteiger partial charge is 0.481 e. The molecule has 0 aliphatic heterocycles. The van der Waals surface area contributed by atoms with Crippen molar-refractivity contribution in [3.05, 3.63) is 12.7 Å². The lowest BCUT2D eigenvalue weighted by atomic mass is 10.1. The lowest BCUT2D eigenvalue weighted by Gasteiger charge is -2.30. The van der Waals surface area contributed by atoms with Gasteiger partial charge in [-0.25, -0.2) is 20.0 Å². The number of nitrogens with zero attached hydrogens (tertiary/aromatic N) is 4. The van der Waals surface area contributed by atoms with E-state index in [1.807, 2.05) is 6.92 Å². The van der Waals surface area contributed by atoms with E-state index in [4.69, 9.17) is 24.8 Å². The van der Waals surface area contributed by atoms with E-state index in [9.17, 15) is 14.2 Å². The van der Waals surface area contributed by atoms with Crippen molar-refractivity contribution in [2.45, 2.75) is 65.6 Å². The van der Waals surface area contributed by atoms with Crippen LogP contribution in [0.4, 0.5) is 5.82 Å². The van der Waals surface area contributed by atoms with Gasteiger partial charge in [-0.3, -0.25) is 14.2 Å². The van der Waals surface area contributed by atoms with Gasteiger partial charge in [-0.2, -0.15) is 0 Å². The summed E-state index contributed by atoms with van der Waals surface area (Å²) in [6, 6.07) is 0. The molecule has 0 aliphatic carbocycles. The number of carbonyl (C=O) groups is 2. The summed E-state index contributed by atoms with van der Waals surface area (Å²) in [6.45, 7) is 8.69.